The number of nitrogens with two attached hydrogens (primary N) is 1. The Balaban J connectivity index is 1.47. The van der Waals surface area contributed by atoms with Gasteiger partial charge in [0, 0.05) is 13.1 Å². The lowest BCUT2D eigenvalue weighted by atomic mass is 10.1. The maximum Gasteiger partial charge on any atom is 0.185 e. The molecule has 154 valence electrons. The van der Waals surface area contributed by atoms with Gasteiger partial charge in [0.05, 0.1) is 26.1 Å². The van der Waals surface area contributed by atoms with E-state index < -0.39 is 30.2 Å². The first-order chi connectivity index (χ1) is 13.4. The maximum absolute atomic E-state index is 10.5. The molecule has 4 heterocycles. The molecule has 0 aromatic carbocycles. The zero-order valence-electron chi connectivity index (χ0n) is 14.7. The highest BCUT2D eigenvalue weighted by molar-refractivity contribution is 8.60. The molecule has 0 amide bonds. The Morgan fingerprint density at radius 1 is 1.29 bits per heavy atom. The van der Waals surface area contributed by atoms with Crippen LogP contribution in [0.1, 0.15) is 6.23 Å². The number of fused-ring (bicyclic) bond motifs is 1. The van der Waals surface area contributed by atoms with Gasteiger partial charge in [0.1, 0.15) is 30.2 Å². The summed E-state index contributed by atoms with van der Waals surface area (Å²) in [5.74, 6) is 0.220. The number of aromatic nitrogens is 4. The van der Waals surface area contributed by atoms with E-state index in [1.54, 1.807) is 0 Å². The summed E-state index contributed by atoms with van der Waals surface area (Å²) in [6.07, 6.45) is -1.32. The molecule has 28 heavy (non-hydrogen) atoms. The average Bonchev–Trinajstić information content (AvgIpc) is 3.24. The third-order valence-electron chi connectivity index (χ3n) is 4.75. The third kappa shape index (κ3) is 3.78. The van der Waals surface area contributed by atoms with Crippen LogP contribution in [0.5, 0.6) is 0 Å². The molecule has 2 aromatic rings. The topological polar surface area (TPSA) is 141 Å². The van der Waals surface area contributed by atoms with E-state index in [9.17, 15) is 10.2 Å². The number of aliphatic hydroxyl groups is 2. The monoisotopic (exact) mass is 448 g/mol. The van der Waals surface area contributed by atoms with Gasteiger partial charge in [0.25, 0.3) is 0 Å². The Morgan fingerprint density at radius 3 is 2.79 bits per heavy atom. The number of hydrogen-bond donors (Lipinski definition) is 4. The predicted molar refractivity (Wildman–Crippen MR) is 107 cm³/mol. The maximum atomic E-state index is 10.5. The van der Waals surface area contributed by atoms with Crippen LogP contribution in [0.25, 0.3) is 11.2 Å². The fourth-order valence-corrected chi connectivity index (χ4v) is 5.79. The highest BCUT2D eigenvalue weighted by atomic mass is 32.9. The summed E-state index contributed by atoms with van der Waals surface area (Å²) in [6.45, 7) is 2.43. The standard InChI is InChI=1S/C14H21N6O5PS2/c15-12-9-13(17-6-16-12)20(7-18-9)14-11(22)10(21)8(25-14)5-24-26(27,28)19-1-3-23-4-2-19/h6-8,10-11,14,21-22H,1-5H2,(H,27,28)(H2,15,16,17)/t8-,10-,11-,14-/m1/s1. The molecule has 0 saturated carbocycles. The van der Waals surface area contributed by atoms with E-state index >= 15 is 0 Å². The van der Waals surface area contributed by atoms with Crippen LogP contribution in [0.4, 0.5) is 5.82 Å². The Kier molecular flexibility index (Phi) is 5.89. The number of thiol groups is 1. The van der Waals surface area contributed by atoms with E-state index in [0.717, 1.165) is 0 Å². The Hall–Kier alpha value is -0.890. The van der Waals surface area contributed by atoms with Crippen molar-refractivity contribution in [2.24, 2.45) is 0 Å². The smallest absolute Gasteiger partial charge is 0.185 e. The molecule has 5 atom stereocenters. The summed E-state index contributed by atoms with van der Waals surface area (Å²) in [6, 6.07) is 0. The zero-order valence-corrected chi connectivity index (χ0v) is 17.3. The number of nitrogens with zero attached hydrogens (tertiary/aromatic N) is 5. The third-order valence-corrected chi connectivity index (χ3v) is 8.47. The van der Waals surface area contributed by atoms with Crippen molar-refractivity contribution >= 4 is 46.7 Å². The van der Waals surface area contributed by atoms with Crippen molar-refractivity contribution in [3.63, 3.8) is 0 Å². The second-order valence-electron chi connectivity index (χ2n) is 6.48. The number of rotatable bonds is 5. The molecular weight excluding hydrogens is 427 g/mol. The molecule has 0 radical (unpaired) electrons. The summed E-state index contributed by atoms with van der Waals surface area (Å²) in [5, 5.41) is 20.9. The zero-order chi connectivity index (χ0) is 19.9. The second-order valence-corrected chi connectivity index (χ2v) is 12.2. The molecule has 11 nitrogen and oxygen atoms in total. The molecule has 2 saturated heterocycles. The average molecular weight is 448 g/mol. The Bertz CT molecular complexity index is 896. The summed E-state index contributed by atoms with van der Waals surface area (Å²) >= 11 is 10.1. The fraction of sp³-hybridized carbons (Fsp3) is 0.643. The van der Waals surface area contributed by atoms with Crippen LogP contribution < -0.4 is 5.73 Å². The number of anilines is 1. The lowest BCUT2D eigenvalue weighted by Gasteiger charge is -2.34. The molecule has 1 unspecified atom stereocenters. The van der Waals surface area contributed by atoms with Gasteiger partial charge in [0.15, 0.2) is 23.3 Å². The van der Waals surface area contributed by atoms with E-state index in [4.69, 9.17) is 31.5 Å². The van der Waals surface area contributed by atoms with Crippen molar-refractivity contribution in [3.05, 3.63) is 12.7 Å². The van der Waals surface area contributed by atoms with Gasteiger partial charge in [-0.3, -0.25) is 4.57 Å². The highest BCUT2D eigenvalue weighted by Gasteiger charge is 2.45. The lowest BCUT2D eigenvalue weighted by Crippen LogP contribution is -2.36. The molecule has 0 bridgehead atoms. The first kappa shape index (κ1) is 20.4. The molecule has 0 spiro atoms. The minimum Gasteiger partial charge on any atom is -0.387 e. The number of aliphatic hydroxyl groups excluding tert-OH is 2. The number of imidazole rings is 1. The predicted octanol–water partition coefficient (Wildman–Crippen LogP) is -0.469. The van der Waals surface area contributed by atoms with Gasteiger partial charge in [-0.05, 0) is 11.8 Å². The van der Waals surface area contributed by atoms with Crippen LogP contribution in [0, 0.1) is 0 Å². The summed E-state index contributed by atoms with van der Waals surface area (Å²) in [4.78, 5) is 12.2. The molecule has 2 aliphatic rings. The molecule has 14 heteroatoms. The highest BCUT2D eigenvalue weighted by Crippen LogP contribution is 2.56. The van der Waals surface area contributed by atoms with Gasteiger partial charge in [-0.2, -0.15) is 0 Å². The minimum absolute atomic E-state index is 0.00336. The van der Waals surface area contributed by atoms with Gasteiger partial charge in [-0.25, -0.2) is 19.6 Å². The molecule has 2 aliphatic heterocycles. The van der Waals surface area contributed by atoms with Crippen molar-refractivity contribution < 1.29 is 24.2 Å². The van der Waals surface area contributed by atoms with Crippen LogP contribution in [-0.2, 0) is 25.8 Å². The Morgan fingerprint density at radius 2 is 2.04 bits per heavy atom. The number of ether oxygens (including phenoxy) is 2. The van der Waals surface area contributed by atoms with E-state index in [2.05, 4.69) is 27.2 Å². The van der Waals surface area contributed by atoms with Crippen LogP contribution >= 0.6 is 17.9 Å². The SMILES string of the molecule is Nc1ncnc2c1ncn2[C@@H]1O[C@H](COP(=S)(S)N2CCOCC2)[C@@H](O)[C@H]1O. The van der Waals surface area contributed by atoms with Crippen molar-refractivity contribution in [2.45, 2.75) is 24.5 Å². The molecular formula is C14H21N6O5PS2. The fourth-order valence-electron chi connectivity index (χ4n) is 3.21. The summed E-state index contributed by atoms with van der Waals surface area (Å²) in [5.41, 5.74) is 4.05. The summed E-state index contributed by atoms with van der Waals surface area (Å²) in [7, 11) is 0. The first-order valence-corrected chi connectivity index (χ1v) is 12.5. The van der Waals surface area contributed by atoms with Gasteiger partial charge < -0.3 is 29.9 Å². The first-order valence-electron chi connectivity index (χ1n) is 8.63. The van der Waals surface area contributed by atoms with E-state index in [1.807, 2.05) is 4.67 Å². The quantitative estimate of drug-likeness (QED) is 0.348. The van der Waals surface area contributed by atoms with Crippen LogP contribution in [0.3, 0.4) is 0 Å². The van der Waals surface area contributed by atoms with Crippen LogP contribution in [-0.4, -0.2) is 85.6 Å². The number of hydrogen-bond acceptors (Lipinski definition) is 10. The van der Waals surface area contributed by atoms with Gasteiger partial charge in [-0.1, -0.05) is 12.2 Å². The molecule has 4 rings (SSSR count). The summed E-state index contributed by atoms with van der Waals surface area (Å²) < 4.78 is 20.5. The van der Waals surface area contributed by atoms with Crippen molar-refractivity contribution in [1.29, 1.82) is 0 Å². The van der Waals surface area contributed by atoms with E-state index in [-0.39, 0.29) is 12.4 Å². The molecule has 4 N–H and O–H groups in total. The number of morpholine rings is 1. The van der Waals surface area contributed by atoms with Crippen molar-refractivity contribution in [1.82, 2.24) is 24.2 Å². The van der Waals surface area contributed by atoms with Gasteiger partial charge in [0.2, 0.25) is 0 Å². The van der Waals surface area contributed by atoms with E-state index in [0.29, 0.717) is 37.5 Å². The number of nitrogen functional groups attached to an aromatic ring is 1. The molecule has 2 aromatic heterocycles. The largest absolute Gasteiger partial charge is 0.387 e. The molecule has 2 fully saturated rings. The molecule has 0 aliphatic carbocycles. The van der Waals surface area contributed by atoms with Gasteiger partial charge >= 0.3 is 0 Å². The van der Waals surface area contributed by atoms with Crippen LogP contribution in [0.2, 0.25) is 0 Å². The van der Waals surface area contributed by atoms with Crippen LogP contribution in [0.15, 0.2) is 12.7 Å². The van der Waals surface area contributed by atoms with Gasteiger partial charge in [-0.15, -0.1) is 0 Å². The normalized spacial score (nSPS) is 31.2. The van der Waals surface area contributed by atoms with Crippen molar-refractivity contribution in [3.8, 4) is 0 Å². The second kappa shape index (κ2) is 8.09. The Labute approximate surface area is 171 Å². The lowest BCUT2D eigenvalue weighted by molar-refractivity contribution is -0.0470. The van der Waals surface area contributed by atoms with E-state index in [1.165, 1.54) is 17.2 Å². The van der Waals surface area contributed by atoms with Crippen molar-refractivity contribution in [2.75, 3.05) is 38.6 Å². The minimum atomic E-state index is -2.54.